The van der Waals surface area contributed by atoms with Gasteiger partial charge in [0.25, 0.3) is 7.82 Å². The SMILES string of the molecule is CCCCCCCC/C=C\CCCCCCCC(=O)O[C@H](COC(=O)CCC/C=C\C/C=C\C/C=C\CC1OC1CCCCC)COP(=O)([O-])OCC[N+](C)(C)C. The van der Waals surface area contributed by atoms with Crippen LogP contribution < -0.4 is 4.89 Å². The largest absolute Gasteiger partial charge is 0.756 e. The van der Waals surface area contributed by atoms with E-state index in [1.54, 1.807) is 0 Å². The standard InChI is InChI=1S/C46H82NO9P/c1-6-8-10-11-12-13-14-15-16-17-18-23-26-29-33-37-46(49)55-42(41-54-57(50,51)53-39-38-47(3,4)5)40-52-45(48)36-32-28-25-22-20-19-21-24-27-31-35-44-43(56-44)34-30-9-7-2/h15-16,19,21-22,25,27,31,42-44H,6-14,17-18,20,23-24,26,28-30,32-41H2,1-5H3/b16-15-,21-19-,25-22-,31-27-/t42-,43?,44?/m1/s1. The van der Waals surface area contributed by atoms with Crippen molar-refractivity contribution in [1.29, 1.82) is 0 Å². The molecule has 0 N–H and O–H groups in total. The van der Waals surface area contributed by atoms with Crippen molar-refractivity contribution in [2.24, 2.45) is 0 Å². The van der Waals surface area contributed by atoms with Gasteiger partial charge in [0.05, 0.1) is 40.0 Å². The van der Waals surface area contributed by atoms with Gasteiger partial charge in [-0.2, -0.15) is 0 Å². The van der Waals surface area contributed by atoms with Crippen LogP contribution in [0.25, 0.3) is 0 Å². The van der Waals surface area contributed by atoms with E-state index in [0.717, 1.165) is 57.8 Å². The predicted molar refractivity (Wildman–Crippen MR) is 231 cm³/mol. The Balaban J connectivity index is 2.32. The number of epoxide rings is 1. The van der Waals surface area contributed by atoms with Crippen LogP contribution in [-0.4, -0.2) is 82.2 Å². The third-order valence-electron chi connectivity index (χ3n) is 9.75. The van der Waals surface area contributed by atoms with E-state index >= 15 is 0 Å². The normalized spacial score (nSPS) is 17.6. The molecule has 57 heavy (non-hydrogen) atoms. The van der Waals surface area contributed by atoms with E-state index in [1.807, 2.05) is 21.1 Å². The zero-order valence-corrected chi connectivity index (χ0v) is 37.6. The Morgan fingerprint density at radius 2 is 1.19 bits per heavy atom. The van der Waals surface area contributed by atoms with E-state index < -0.39 is 32.5 Å². The number of ether oxygens (including phenoxy) is 3. The van der Waals surface area contributed by atoms with E-state index in [-0.39, 0.29) is 26.1 Å². The smallest absolute Gasteiger partial charge is 0.306 e. The fourth-order valence-electron chi connectivity index (χ4n) is 6.09. The highest BCUT2D eigenvalue weighted by molar-refractivity contribution is 7.45. The average Bonchev–Trinajstić information content (AvgIpc) is 3.91. The Bertz CT molecular complexity index is 1180. The number of rotatable bonds is 39. The van der Waals surface area contributed by atoms with Gasteiger partial charge >= 0.3 is 11.9 Å². The lowest BCUT2D eigenvalue weighted by atomic mass is 10.1. The summed E-state index contributed by atoms with van der Waals surface area (Å²) >= 11 is 0. The second-order valence-corrected chi connectivity index (χ2v) is 17.9. The third kappa shape index (κ3) is 35.6. The van der Waals surface area contributed by atoms with E-state index in [0.29, 0.717) is 36.1 Å². The highest BCUT2D eigenvalue weighted by Gasteiger charge is 2.36. The molecule has 0 amide bonds. The summed E-state index contributed by atoms with van der Waals surface area (Å²) in [5.41, 5.74) is 0. The van der Waals surface area contributed by atoms with Crippen LogP contribution in [-0.2, 0) is 37.4 Å². The number of hydrogen-bond donors (Lipinski definition) is 0. The lowest BCUT2D eigenvalue weighted by molar-refractivity contribution is -0.870. The molecular weight excluding hydrogens is 741 g/mol. The molecule has 4 atom stereocenters. The minimum Gasteiger partial charge on any atom is -0.756 e. The first-order chi connectivity index (χ1) is 27.5. The summed E-state index contributed by atoms with van der Waals surface area (Å²) in [6.07, 6.45) is 41.7. The van der Waals surface area contributed by atoms with Gasteiger partial charge in [0.1, 0.15) is 19.8 Å². The second-order valence-electron chi connectivity index (χ2n) is 16.4. The molecule has 11 heteroatoms. The number of carbonyl (C=O) groups is 2. The van der Waals surface area contributed by atoms with E-state index in [4.69, 9.17) is 23.3 Å². The third-order valence-corrected chi connectivity index (χ3v) is 10.7. The molecule has 1 rings (SSSR count). The van der Waals surface area contributed by atoms with E-state index in [1.165, 1.54) is 70.6 Å². The molecule has 10 nitrogen and oxygen atoms in total. The minimum atomic E-state index is -4.64. The molecule has 3 unspecified atom stereocenters. The van der Waals surface area contributed by atoms with Gasteiger partial charge in [-0.1, -0.05) is 133 Å². The number of phosphoric acid groups is 1. The summed E-state index contributed by atoms with van der Waals surface area (Å²) < 4.78 is 39.6. The van der Waals surface area contributed by atoms with Gasteiger partial charge in [0.15, 0.2) is 6.10 Å². The fourth-order valence-corrected chi connectivity index (χ4v) is 6.82. The highest BCUT2D eigenvalue weighted by Crippen LogP contribution is 2.38. The van der Waals surface area contributed by atoms with Gasteiger partial charge in [0, 0.05) is 12.8 Å². The monoisotopic (exact) mass is 824 g/mol. The number of phosphoric ester groups is 1. The molecule has 330 valence electrons. The topological polar surface area (TPSA) is 124 Å². The van der Waals surface area contributed by atoms with Crippen molar-refractivity contribution in [2.45, 2.75) is 186 Å². The van der Waals surface area contributed by atoms with Crippen molar-refractivity contribution in [3.8, 4) is 0 Å². The van der Waals surface area contributed by atoms with Crippen LogP contribution in [0.4, 0.5) is 0 Å². The van der Waals surface area contributed by atoms with Crippen LogP contribution in [0.3, 0.4) is 0 Å². The van der Waals surface area contributed by atoms with Gasteiger partial charge in [-0.15, -0.1) is 0 Å². The van der Waals surface area contributed by atoms with Gasteiger partial charge in [-0.05, 0) is 70.6 Å². The summed E-state index contributed by atoms with van der Waals surface area (Å²) in [5, 5.41) is 0. The van der Waals surface area contributed by atoms with Crippen molar-refractivity contribution in [1.82, 2.24) is 0 Å². The molecule has 0 aromatic carbocycles. The fraction of sp³-hybridized carbons (Fsp3) is 0.783. The Kier molecular flexibility index (Phi) is 32.3. The molecule has 1 saturated heterocycles. The van der Waals surface area contributed by atoms with Crippen LogP contribution in [0.2, 0.25) is 0 Å². The number of hydrogen-bond acceptors (Lipinski definition) is 9. The van der Waals surface area contributed by atoms with E-state index in [9.17, 15) is 19.0 Å². The van der Waals surface area contributed by atoms with Gasteiger partial charge < -0.3 is 32.6 Å². The number of likely N-dealkylation sites (N-methyl/N-ethyl adjacent to an activating group) is 1. The molecule has 1 fully saturated rings. The Hall–Kier alpha value is -2.07. The average molecular weight is 824 g/mol. The van der Waals surface area contributed by atoms with Crippen LogP contribution in [0, 0.1) is 0 Å². The maximum atomic E-state index is 12.7. The lowest BCUT2D eigenvalue weighted by Gasteiger charge is -2.28. The summed E-state index contributed by atoms with van der Waals surface area (Å²) in [6, 6.07) is 0. The molecule has 0 spiro atoms. The number of allylic oxidation sites excluding steroid dienone is 7. The Labute approximate surface area is 348 Å². The molecule has 0 aromatic rings. The van der Waals surface area contributed by atoms with Crippen LogP contribution in [0.5, 0.6) is 0 Å². The van der Waals surface area contributed by atoms with Crippen LogP contribution >= 0.6 is 7.82 Å². The first-order valence-corrected chi connectivity index (χ1v) is 23.9. The Morgan fingerprint density at radius 3 is 1.86 bits per heavy atom. The summed E-state index contributed by atoms with van der Waals surface area (Å²) in [4.78, 5) is 37.5. The first kappa shape index (κ1) is 52.9. The molecule has 1 aliphatic heterocycles. The number of quaternary nitrogens is 1. The zero-order chi connectivity index (χ0) is 41.9. The lowest BCUT2D eigenvalue weighted by Crippen LogP contribution is -2.37. The summed E-state index contributed by atoms with van der Waals surface area (Å²) in [5.74, 6) is -0.917. The van der Waals surface area contributed by atoms with Crippen molar-refractivity contribution in [3.63, 3.8) is 0 Å². The van der Waals surface area contributed by atoms with Gasteiger partial charge in [-0.25, -0.2) is 0 Å². The summed E-state index contributed by atoms with van der Waals surface area (Å²) in [6.45, 7) is 4.10. The molecule has 0 bridgehead atoms. The molecule has 0 aromatic heterocycles. The van der Waals surface area contributed by atoms with Gasteiger partial charge in [0.2, 0.25) is 0 Å². The van der Waals surface area contributed by atoms with Crippen LogP contribution in [0.15, 0.2) is 48.6 Å². The highest BCUT2D eigenvalue weighted by atomic mass is 31.2. The van der Waals surface area contributed by atoms with Crippen molar-refractivity contribution in [3.05, 3.63) is 48.6 Å². The summed E-state index contributed by atoms with van der Waals surface area (Å²) in [7, 11) is 1.12. The first-order valence-electron chi connectivity index (χ1n) is 22.5. The van der Waals surface area contributed by atoms with Crippen molar-refractivity contribution in [2.75, 3.05) is 47.5 Å². The molecule has 0 radical (unpaired) electrons. The number of unbranched alkanes of at least 4 members (excludes halogenated alkanes) is 14. The molecular formula is C46H82NO9P. The quantitative estimate of drug-likeness (QED) is 0.0149. The van der Waals surface area contributed by atoms with E-state index in [2.05, 4.69) is 62.5 Å². The molecule has 1 heterocycles. The maximum absolute atomic E-state index is 12.7. The number of nitrogens with zero attached hydrogens (tertiary/aromatic N) is 1. The number of esters is 2. The second kappa shape index (κ2) is 34.8. The minimum absolute atomic E-state index is 0.0442. The molecule has 1 aliphatic rings. The molecule has 0 saturated carbocycles. The van der Waals surface area contributed by atoms with Crippen molar-refractivity contribution < 1.29 is 46.8 Å². The van der Waals surface area contributed by atoms with Crippen LogP contribution in [0.1, 0.15) is 168 Å². The van der Waals surface area contributed by atoms with Gasteiger partial charge in [-0.3, -0.25) is 14.2 Å². The molecule has 0 aliphatic carbocycles. The predicted octanol–water partition coefficient (Wildman–Crippen LogP) is 11.0. The number of carbonyl (C=O) groups excluding carboxylic acids is 2. The van der Waals surface area contributed by atoms with Crippen molar-refractivity contribution >= 4 is 19.8 Å². The zero-order valence-electron chi connectivity index (χ0n) is 36.7. The Morgan fingerprint density at radius 1 is 0.649 bits per heavy atom. The maximum Gasteiger partial charge on any atom is 0.306 e.